The lowest BCUT2D eigenvalue weighted by Crippen LogP contribution is -2.51. The van der Waals surface area contributed by atoms with Gasteiger partial charge in [0.2, 0.25) is 10.0 Å². The summed E-state index contributed by atoms with van der Waals surface area (Å²) in [6.45, 7) is 4.19. The fourth-order valence-electron chi connectivity index (χ4n) is 4.43. The van der Waals surface area contributed by atoms with Gasteiger partial charge in [-0.2, -0.15) is 9.57 Å². The minimum Gasteiger partial charge on any atom is -0.486 e. The molecule has 2 atom stereocenters. The Morgan fingerprint density at radius 3 is 2.50 bits per heavy atom. The van der Waals surface area contributed by atoms with Gasteiger partial charge in [0.15, 0.2) is 11.5 Å². The highest BCUT2D eigenvalue weighted by atomic mass is 32.2. The first-order chi connectivity index (χ1) is 18.0. The number of fused-ring (bicyclic) bond motifs is 1. The van der Waals surface area contributed by atoms with Crippen molar-refractivity contribution in [3.8, 4) is 17.6 Å². The molecule has 3 N–H and O–H groups in total. The predicted molar refractivity (Wildman–Crippen MR) is 141 cm³/mol. The van der Waals surface area contributed by atoms with Crippen LogP contribution in [-0.2, 0) is 16.4 Å². The molecule has 1 aliphatic heterocycles. The lowest BCUT2D eigenvalue weighted by atomic mass is 9.87. The molecule has 38 heavy (non-hydrogen) atoms. The number of nitrogens with zero attached hydrogens (tertiary/aromatic N) is 2. The molecule has 1 amide bonds. The molecule has 3 rings (SSSR count). The van der Waals surface area contributed by atoms with Gasteiger partial charge in [-0.1, -0.05) is 44.2 Å². The number of benzene rings is 2. The van der Waals surface area contributed by atoms with Crippen molar-refractivity contribution in [1.82, 2.24) is 9.62 Å². The van der Waals surface area contributed by atoms with Gasteiger partial charge in [-0.15, -0.1) is 0 Å². The Morgan fingerprint density at radius 1 is 1.16 bits per heavy atom. The van der Waals surface area contributed by atoms with Crippen LogP contribution in [0.4, 0.5) is 4.79 Å². The molecule has 1 heterocycles. The van der Waals surface area contributed by atoms with E-state index in [1.165, 1.54) is 22.5 Å². The van der Waals surface area contributed by atoms with Crippen molar-refractivity contribution < 1.29 is 32.9 Å². The van der Waals surface area contributed by atoms with E-state index in [0.29, 0.717) is 44.0 Å². The van der Waals surface area contributed by atoms with Crippen LogP contribution in [0.25, 0.3) is 0 Å². The largest absolute Gasteiger partial charge is 0.486 e. The minimum atomic E-state index is -4.13. The highest BCUT2D eigenvalue weighted by molar-refractivity contribution is 7.89. The summed E-state index contributed by atoms with van der Waals surface area (Å²) in [7, 11) is -4.13. The van der Waals surface area contributed by atoms with Crippen LogP contribution in [0.3, 0.4) is 0 Å². The maximum Gasteiger partial charge on any atom is 0.404 e. The maximum atomic E-state index is 13.9. The zero-order valence-electron chi connectivity index (χ0n) is 21.7. The number of nitrogens with one attached hydrogen (secondary N) is 1. The number of ether oxygens (including phenoxy) is 2. The highest BCUT2D eigenvalue weighted by Crippen LogP contribution is 2.34. The van der Waals surface area contributed by atoms with Crippen LogP contribution in [0.5, 0.6) is 11.5 Å². The summed E-state index contributed by atoms with van der Waals surface area (Å²) >= 11 is 0. The van der Waals surface area contributed by atoms with E-state index < -0.39 is 33.7 Å². The Kier molecular flexibility index (Phi) is 9.96. The van der Waals surface area contributed by atoms with Crippen molar-refractivity contribution in [3.05, 3.63) is 54.1 Å². The fourth-order valence-corrected chi connectivity index (χ4v) is 6.09. The Balaban J connectivity index is 1.91. The number of hydrogen-bond donors (Lipinski definition) is 3. The van der Waals surface area contributed by atoms with E-state index in [4.69, 9.17) is 14.7 Å². The van der Waals surface area contributed by atoms with E-state index in [2.05, 4.69) is 11.4 Å². The molecule has 0 spiro atoms. The first-order valence-corrected chi connectivity index (χ1v) is 13.9. The molecular formula is C27H35N3O7S. The number of hydrogen-bond acceptors (Lipinski definition) is 7. The summed E-state index contributed by atoms with van der Waals surface area (Å²) in [5.41, 5.74) is 0.274. The molecule has 0 aromatic heterocycles. The van der Waals surface area contributed by atoms with Gasteiger partial charge in [-0.05, 0) is 42.4 Å². The quantitative estimate of drug-likeness (QED) is 0.324. The van der Waals surface area contributed by atoms with E-state index in [-0.39, 0.29) is 24.4 Å². The smallest absolute Gasteiger partial charge is 0.404 e. The summed E-state index contributed by atoms with van der Waals surface area (Å²) in [6, 6.07) is 14.6. The molecule has 11 heteroatoms. The average molecular weight is 546 g/mol. The average Bonchev–Trinajstić information content (AvgIpc) is 2.88. The molecule has 0 radical (unpaired) electrons. The van der Waals surface area contributed by atoms with Gasteiger partial charge in [-0.3, -0.25) is 0 Å². The molecule has 0 saturated heterocycles. The van der Waals surface area contributed by atoms with Crippen LogP contribution in [0.15, 0.2) is 53.4 Å². The van der Waals surface area contributed by atoms with Gasteiger partial charge >= 0.3 is 6.09 Å². The van der Waals surface area contributed by atoms with Crippen LogP contribution in [0.1, 0.15) is 38.7 Å². The van der Waals surface area contributed by atoms with E-state index in [0.717, 1.165) is 5.56 Å². The fraction of sp³-hybridized carbons (Fsp3) is 0.481. The zero-order valence-corrected chi connectivity index (χ0v) is 22.5. The lowest BCUT2D eigenvalue weighted by molar-refractivity contribution is 0.0904. The number of unbranched alkanes of at least 4 members (excludes halogenated alkanes) is 1. The third-order valence-electron chi connectivity index (χ3n) is 6.36. The van der Waals surface area contributed by atoms with Crippen LogP contribution in [-0.4, -0.2) is 67.5 Å². The minimum absolute atomic E-state index is 0.0208. The number of carbonyl (C=O) groups is 1. The SMILES string of the molecule is CC(C)(CCCC#N)CN(C[C@@H](O)[C@H](Cc1ccccc1)NC(=O)O)S(=O)(=O)c1ccc2c(c1)OCCO2. The van der Waals surface area contributed by atoms with E-state index in [9.17, 15) is 23.4 Å². The van der Waals surface area contributed by atoms with Gasteiger partial charge in [0.05, 0.1) is 23.1 Å². The number of amides is 1. The van der Waals surface area contributed by atoms with Crippen molar-refractivity contribution in [2.75, 3.05) is 26.3 Å². The maximum absolute atomic E-state index is 13.9. The third-order valence-corrected chi connectivity index (χ3v) is 8.17. The topological polar surface area (TPSA) is 149 Å². The summed E-state index contributed by atoms with van der Waals surface area (Å²) < 4.78 is 40.1. The Labute approximate surface area is 223 Å². The molecule has 2 aromatic carbocycles. The lowest BCUT2D eigenvalue weighted by Gasteiger charge is -2.35. The van der Waals surface area contributed by atoms with Crippen molar-refractivity contribution in [1.29, 1.82) is 5.26 Å². The van der Waals surface area contributed by atoms with E-state index in [1.807, 2.05) is 44.2 Å². The van der Waals surface area contributed by atoms with Crippen molar-refractivity contribution in [2.45, 2.75) is 56.6 Å². The summed E-state index contributed by atoms with van der Waals surface area (Å²) in [4.78, 5) is 11.5. The zero-order chi connectivity index (χ0) is 27.8. The summed E-state index contributed by atoms with van der Waals surface area (Å²) in [6.07, 6.45) is -0.942. The molecule has 0 fully saturated rings. The highest BCUT2D eigenvalue weighted by Gasteiger charge is 2.35. The number of aliphatic hydroxyl groups excluding tert-OH is 1. The Bertz CT molecular complexity index is 1230. The molecule has 0 bridgehead atoms. The van der Waals surface area contributed by atoms with Gasteiger partial charge in [0, 0.05) is 25.6 Å². The van der Waals surface area contributed by atoms with Crippen LogP contribution in [0.2, 0.25) is 0 Å². The Morgan fingerprint density at radius 2 is 1.84 bits per heavy atom. The van der Waals surface area contributed by atoms with Crippen molar-refractivity contribution in [3.63, 3.8) is 0 Å². The second kappa shape index (κ2) is 13.0. The third kappa shape index (κ3) is 8.08. The standard InChI is InChI=1S/C27H35N3O7S/c1-27(2,12-6-7-13-28)19-30(38(34,35)21-10-11-24-25(17-21)37-15-14-36-24)18-23(31)22(29-26(32)33)16-20-8-4-3-5-9-20/h3-5,8-11,17,22-23,29,31H,6-7,12,14-16,18-19H2,1-2H3,(H,32,33)/t22-,23+/m0/s1. The van der Waals surface area contributed by atoms with Crippen molar-refractivity contribution >= 4 is 16.1 Å². The predicted octanol–water partition coefficient (Wildman–Crippen LogP) is 3.41. The number of nitriles is 1. The molecule has 0 saturated carbocycles. The molecule has 206 valence electrons. The molecule has 2 aromatic rings. The first kappa shape index (κ1) is 29.2. The van der Waals surface area contributed by atoms with Crippen LogP contribution >= 0.6 is 0 Å². The second-order valence-corrected chi connectivity index (χ2v) is 12.0. The number of rotatable bonds is 13. The van der Waals surface area contributed by atoms with Gasteiger partial charge < -0.3 is 25.0 Å². The monoisotopic (exact) mass is 545 g/mol. The number of carboxylic acid groups (broad SMARTS) is 1. The van der Waals surface area contributed by atoms with Gasteiger partial charge in [0.25, 0.3) is 0 Å². The van der Waals surface area contributed by atoms with Gasteiger partial charge in [-0.25, -0.2) is 13.2 Å². The number of sulfonamides is 1. The van der Waals surface area contributed by atoms with Crippen molar-refractivity contribution in [2.24, 2.45) is 5.41 Å². The van der Waals surface area contributed by atoms with Crippen LogP contribution in [0, 0.1) is 16.7 Å². The normalized spacial score (nSPS) is 14.9. The summed E-state index contributed by atoms with van der Waals surface area (Å²) in [5.74, 6) is 0.771. The molecule has 0 aliphatic carbocycles. The molecule has 1 aliphatic rings. The second-order valence-electron chi connectivity index (χ2n) is 10.1. The molecule has 0 unspecified atom stereocenters. The van der Waals surface area contributed by atoms with Crippen LogP contribution < -0.4 is 14.8 Å². The molecular weight excluding hydrogens is 510 g/mol. The van der Waals surface area contributed by atoms with Gasteiger partial charge in [0.1, 0.15) is 13.2 Å². The van der Waals surface area contributed by atoms with E-state index in [1.54, 1.807) is 0 Å². The Hall–Kier alpha value is -3.33. The molecule has 10 nitrogen and oxygen atoms in total. The number of aliphatic hydroxyl groups is 1. The first-order valence-electron chi connectivity index (χ1n) is 12.5. The summed E-state index contributed by atoms with van der Waals surface area (Å²) in [5, 5.41) is 31.8. The van der Waals surface area contributed by atoms with E-state index >= 15 is 0 Å².